The largest absolute Gasteiger partial charge is 0.368 e. The zero-order chi connectivity index (χ0) is 24.1. The highest BCUT2D eigenvalue weighted by Gasteiger charge is 2.22. The maximum absolute atomic E-state index is 12.5. The van der Waals surface area contributed by atoms with Crippen molar-refractivity contribution >= 4 is 40.6 Å². The van der Waals surface area contributed by atoms with Gasteiger partial charge in [0.15, 0.2) is 11.6 Å². The fourth-order valence-electron chi connectivity index (χ4n) is 3.98. The van der Waals surface area contributed by atoms with E-state index in [1.54, 1.807) is 36.7 Å². The lowest BCUT2D eigenvalue weighted by molar-refractivity contribution is -0.113. The van der Waals surface area contributed by atoms with Crippen LogP contribution in [0.15, 0.2) is 59.9 Å². The third-order valence-corrected chi connectivity index (χ3v) is 6.81. The molecule has 0 bridgehead atoms. The van der Waals surface area contributed by atoms with Crippen molar-refractivity contribution in [2.45, 2.75) is 25.8 Å². The van der Waals surface area contributed by atoms with Crippen LogP contribution in [-0.2, 0) is 4.79 Å². The Morgan fingerprint density at radius 2 is 1.62 bits per heavy atom. The minimum atomic E-state index is -0.128. The summed E-state index contributed by atoms with van der Waals surface area (Å²) in [6.07, 6.45) is 3.36. The summed E-state index contributed by atoms with van der Waals surface area (Å²) in [7, 11) is 0. The van der Waals surface area contributed by atoms with E-state index in [0.29, 0.717) is 11.3 Å². The summed E-state index contributed by atoms with van der Waals surface area (Å²) < 4.78 is 0. The van der Waals surface area contributed by atoms with E-state index in [-0.39, 0.29) is 17.4 Å². The molecule has 0 unspecified atom stereocenters. The lowest BCUT2D eigenvalue weighted by atomic mass is 10.1. The molecule has 0 atom stereocenters. The van der Waals surface area contributed by atoms with Crippen molar-refractivity contribution in [3.63, 3.8) is 0 Å². The highest BCUT2D eigenvalue weighted by molar-refractivity contribution is 8.00. The predicted molar refractivity (Wildman–Crippen MR) is 138 cm³/mol. The van der Waals surface area contributed by atoms with Crippen LogP contribution in [0.4, 0.5) is 17.2 Å². The van der Waals surface area contributed by atoms with Crippen LogP contribution in [0.5, 0.6) is 0 Å². The van der Waals surface area contributed by atoms with Crippen molar-refractivity contribution < 1.29 is 9.59 Å². The maximum Gasteiger partial charge on any atom is 0.234 e. The number of carbonyl (C=O) groups is 2. The summed E-state index contributed by atoms with van der Waals surface area (Å²) in [5.41, 5.74) is 5.13. The van der Waals surface area contributed by atoms with Crippen molar-refractivity contribution in [2.24, 2.45) is 0 Å². The second kappa shape index (κ2) is 10.7. The Bertz CT molecular complexity index is 1170. The number of nitrogens with zero attached hydrogens (tertiary/aromatic N) is 4. The van der Waals surface area contributed by atoms with Gasteiger partial charge >= 0.3 is 0 Å². The molecule has 4 rings (SSSR count). The molecule has 0 aliphatic carbocycles. The first-order chi connectivity index (χ1) is 16.4. The van der Waals surface area contributed by atoms with Crippen LogP contribution < -0.4 is 15.1 Å². The molecule has 1 N–H and O–H groups in total. The van der Waals surface area contributed by atoms with E-state index in [2.05, 4.69) is 57.1 Å². The SMILES string of the molecule is CC(=O)c1ccc(NC(=O)CSc2nccnc2N2CCN(c3cc(C)ccc3C)CC2)cc1. The second-order valence-electron chi connectivity index (χ2n) is 8.42. The number of Topliss-reactive ketones (excluding diaryl/α,β-unsaturated/α-hetero) is 1. The molecular weight excluding hydrogens is 446 g/mol. The highest BCUT2D eigenvalue weighted by atomic mass is 32.2. The highest BCUT2D eigenvalue weighted by Crippen LogP contribution is 2.29. The first kappa shape index (κ1) is 23.8. The van der Waals surface area contributed by atoms with Crippen LogP contribution in [0.3, 0.4) is 0 Å². The van der Waals surface area contributed by atoms with Gasteiger partial charge in [0.05, 0.1) is 5.75 Å². The number of rotatable bonds is 7. The molecule has 0 spiro atoms. The summed E-state index contributed by atoms with van der Waals surface area (Å²) in [5.74, 6) is 0.921. The molecule has 1 fully saturated rings. The topological polar surface area (TPSA) is 78.4 Å². The average Bonchev–Trinajstić information content (AvgIpc) is 2.85. The average molecular weight is 476 g/mol. The number of ketones is 1. The van der Waals surface area contributed by atoms with Crippen LogP contribution >= 0.6 is 11.8 Å². The van der Waals surface area contributed by atoms with E-state index in [1.165, 1.54) is 35.5 Å². The first-order valence-electron chi connectivity index (χ1n) is 11.3. The monoisotopic (exact) mass is 475 g/mol. The number of carbonyl (C=O) groups excluding carboxylic acids is 2. The van der Waals surface area contributed by atoms with Crippen molar-refractivity contribution in [3.05, 3.63) is 71.5 Å². The Hall–Kier alpha value is -3.39. The van der Waals surface area contributed by atoms with E-state index < -0.39 is 0 Å². The van der Waals surface area contributed by atoms with E-state index in [1.807, 2.05) is 0 Å². The quantitative estimate of drug-likeness (QED) is 0.402. The van der Waals surface area contributed by atoms with Gasteiger partial charge in [0.25, 0.3) is 0 Å². The lowest BCUT2D eigenvalue weighted by Gasteiger charge is -2.37. The molecule has 1 aromatic heterocycles. The molecule has 1 saturated heterocycles. The molecular formula is C26H29N5O2S. The predicted octanol–water partition coefficient (Wildman–Crippen LogP) is 4.35. The molecule has 0 radical (unpaired) electrons. The number of aromatic nitrogens is 2. The summed E-state index contributed by atoms with van der Waals surface area (Å²) in [5, 5.41) is 3.63. The van der Waals surface area contributed by atoms with Gasteiger partial charge in [0, 0.05) is 55.5 Å². The van der Waals surface area contributed by atoms with Gasteiger partial charge in [-0.25, -0.2) is 9.97 Å². The molecule has 1 aliphatic rings. The molecule has 34 heavy (non-hydrogen) atoms. The Balaban J connectivity index is 1.35. The van der Waals surface area contributed by atoms with Crippen molar-refractivity contribution in [1.82, 2.24) is 9.97 Å². The molecule has 1 aliphatic heterocycles. The molecule has 2 heterocycles. The van der Waals surface area contributed by atoms with Crippen molar-refractivity contribution in [2.75, 3.05) is 47.0 Å². The van der Waals surface area contributed by atoms with Gasteiger partial charge in [0.2, 0.25) is 5.91 Å². The third kappa shape index (κ3) is 5.75. The Labute approximate surface area is 204 Å². The zero-order valence-electron chi connectivity index (χ0n) is 19.7. The molecule has 2 aromatic carbocycles. The van der Waals surface area contributed by atoms with Gasteiger partial charge in [0.1, 0.15) is 5.03 Å². The van der Waals surface area contributed by atoms with E-state index in [0.717, 1.165) is 37.0 Å². The molecule has 3 aromatic rings. The number of nitrogens with one attached hydrogen (secondary N) is 1. The number of hydrogen-bond acceptors (Lipinski definition) is 7. The smallest absolute Gasteiger partial charge is 0.234 e. The van der Waals surface area contributed by atoms with Gasteiger partial charge in [-0.1, -0.05) is 23.9 Å². The maximum atomic E-state index is 12.5. The first-order valence-corrected chi connectivity index (χ1v) is 12.3. The minimum absolute atomic E-state index is 0.00142. The summed E-state index contributed by atoms with van der Waals surface area (Å²) >= 11 is 1.38. The third-order valence-electron chi connectivity index (χ3n) is 5.85. The molecule has 0 saturated carbocycles. The minimum Gasteiger partial charge on any atom is -0.368 e. The molecule has 7 nitrogen and oxygen atoms in total. The van der Waals surface area contributed by atoms with Crippen molar-refractivity contribution in [1.29, 1.82) is 0 Å². The normalized spacial score (nSPS) is 13.6. The molecule has 176 valence electrons. The van der Waals surface area contributed by atoms with Gasteiger partial charge < -0.3 is 15.1 Å². The van der Waals surface area contributed by atoms with Crippen LogP contribution in [-0.4, -0.2) is 53.6 Å². The molecule has 1 amide bonds. The van der Waals surface area contributed by atoms with Crippen LogP contribution in [0, 0.1) is 13.8 Å². The summed E-state index contributed by atoms with van der Waals surface area (Å²) in [4.78, 5) is 37.6. The number of aryl methyl sites for hydroxylation is 2. The van der Waals surface area contributed by atoms with Crippen LogP contribution in [0.2, 0.25) is 0 Å². The van der Waals surface area contributed by atoms with Gasteiger partial charge in [-0.15, -0.1) is 0 Å². The standard InChI is InChI=1S/C26H29N5O2S/c1-18-4-5-19(2)23(16-18)30-12-14-31(15-13-30)25-26(28-11-10-27-25)34-17-24(33)29-22-8-6-21(7-9-22)20(3)32/h4-11,16H,12-15,17H2,1-3H3,(H,29,33). The Morgan fingerprint density at radius 3 is 2.32 bits per heavy atom. The van der Waals surface area contributed by atoms with Gasteiger partial charge in [-0.3, -0.25) is 9.59 Å². The van der Waals surface area contributed by atoms with E-state index in [9.17, 15) is 9.59 Å². The second-order valence-corrected chi connectivity index (χ2v) is 9.38. The van der Waals surface area contributed by atoms with Crippen LogP contribution in [0.25, 0.3) is 0 Å². The van der Waals surface area contributed by atoms with Crippen molar-refractivity contribution in [3.8, 4) is 0 Å². The zero-order valence-corrected chi connectivity index (χ0v) is 20.6. The Morgan fingerprint density at radius 1 is 0.941 bits per heavy atom. The van der Waals surface area contributed by atoms with E-state index in [4.69, 9.17) is 0 Å². The fraction of sp³-hybridized carbons (Fsp3) is 0.308. The number of amides is 1. The number of thioether (sulfide) groups is 1. The number of hydrogen-bond donors (Lipinski definition) is 1. The fourth-order valence-corrected chi connectivity index (χ4v) is 4.76. The van der Waals surface area contributed by atoms with Gasteiger partial charge in [-0.2, -0.15) is 0 Å². The summed E-state index contributed by atoms with van der Waals surface area (Å²) in [6.45, 7) is 9.29. The number of benzene rings is 2. The molecule has 8 heteroatoms. The lowest BCUT2D eigenvalue weighted by Crippen LogP contribution is -2.47. The van der Waals surface area contributed by atoms with E-state index >= 15 is 0 Å². The van der Waals surface area contributed by atoms with Gasteiger partial charge in [-0.05, 0) is 62.2 Å². The summed E-state index contributed by atoms with van der Waals surface area (Å²) in [6, 6.07) is 13.5. The number of anilines is 3. The van der Waals surface area contributed by atoms with Crippen LogP contribution in [0.1, 0.15) is 28.4 Å². The number of piperazine rings is 1. The Kier molecular flexibility index (Phi) is 7.47.